The Morgan fingerprint density at radius 2 is 2.08 bits per heavy atom. The van der Waals surface area contributed by atoms with E-state index >= 15 is 0 Å². The third kappa shape index (κ3) is 2.25. The van der Waals surface area contributed by atoms with Crippen LogP contribution in [0.2, 0.25) is 5.02 Å². The number of anilines is 1. The molecule has 12 heavy (non-hydrogen) atoms. The Bertz CT molecular complexity index is 304. The Balaban J connectivity index is 0.00000121. The number of hydrogen-bond acceptors (Lipinski definition) is 3. The number of nitrogens with two attached hydrogens (primary N) is 1. The quantitative estimate of drug-likeness (QED) is 0.438. The van der Waals surface area contributed by atoms with E-state index in [0.717, 1.165) is 0 Å². The van der Waals surface area contributed by atoms with Gasteiger partial charge in [-0.1, -0.05) is 11.6 Å². The van der Waals surface area contributed by atoms with E-state index in [1.54, 1.807) is 0 Å². The molecule has 1 aromatic carbocycles. The summed E-state index contributed by atoms with van der Waals surface area (Å²) in [5.41, 5.74) is 5.26. The lowest BCUT2D eigenvalue weighted by molar-refractivity contribution is -0.383. The van der Waals surface area contributed by atoms with Gasteiger partial charge in [0.25, 0.3) is 5.69 Å². The minimum absolute atomic E-state index is 0. The molecule has 0 saturated carbocycles. The maximum Gasteiger partial charge on any atom is 0.293 e. The second-order valence-electron chi connectivity index (χ2n) is 1.96. The van der Waals surface area contributed by atoms with Gasteiger partial charge in [0.2, 0.25) is 0 Å². The summed E-state index contributed by atoms with van der Waals surface area (Å²) in [6.45, 7) is 0. The lowest BCUT2D eigenvalue weighted by Gasteiger charge is -1.95. The smallest absolute Gasteiger partial charge is 0.293 e. The van der Waals surface area contributed by atoms with Crippen LogP contribution in [0.1, 0.15) is 0 Å². The molecule has 0 spiro atoms. The van der Waals surface area contributed by atoms with Crippen LogP contribution in [-0.2, 0) is 0 Å². The van der Waals surface area contributed by atoms with Gasteiger partial charge < -0.3 is 5.73 Å². The zero-order chi connectivity index (χ0) is 8.43. The summed E-state index contributed by atoms with van der Waals surface area (Å²) >= 11 is 5.50. The highest BCUT2D eigenvalue weighted by molar-refractivity contribution is 6.30. The average Bonchev–Trinajstić information content (AvgIpc) is 1.94. The van der Waals surface area contributed by atoms with Gasteiger partial charge in [0.1, 0.15) is 5.69 Å². The molecule has 4 nitrogen and oxygen atoms in total. The largest absolute Gasteiger partial charge is 0.393 e. The normalized spacial score (nSPS) is 8.75. The summed E-state index contributed by atoms with van der Waals surface area (Å²) in [4.78, 5) is 9.67. The molecule has 0 aliphatic carbocycles. The topological polar surface area (TPSA) is 69.2 Å². The molecule has 2 N–H and O–H groups in total. The van der Waals surface area contributed by atoms with Crippen molar-refractivity contribution in [1.82, 2.24) is 0 Å². The molecule has 0 bridgehead atoms. The van der Waals surface area contributed by atoms with Crippen molar-refractivity contribution in [2.75, 3.05) is 5.73 Å². The molecule has 0 saturated heterocycles. The van der Waals surface area contributed by atoms with Crippen molar-refractivity contribution >= 4 is 35.4 Å². The summed E-state index contributed by atoms with van der Waals surface area (Å²) in [6.07, 6.45) is 0. The minimum Gasteiger partial charge on any atom is -0.393 e. The van der Waals surface area contributed by atoms with Gasteiger partial charge in [0.15, 0.2) is 0 Å². The molecule has 1 aromatic rings. The van der Waals surface area contributed by atoms with Crippen molar-refractivity contribution in [3.8, 4) is 0 Å². The van der Waals surface area contributed by atoms with Crippen LogP contribution in [0.4, 0.5) is 11.4 Å². The van der Waals surface area contributed by atoms with E-state index in [9.17, 15) is 10.1 Å². The van der Waals surface area contributed by atoms with Crippen LogP contribution in [0.5, 0.6) is 0 Å². The molecule has 0 heterocycles. The molecular formula is C6H6Cl2N2O2. The van der Waals surface area contributed by atoms with Gasteiger partial charge in [-0.3, -0.25) is 10.1 Å². The fourth-order valence-corrected chi connectivity index (χ4v) is 0.841. The van der Waals surface area contributed by atoms with E-state index in [0.29, 0.717) is 5.02 Å². The SMILES string of the molecule is Cl.Nc1ccc(Cl)cc1[N+](=O)[O-]. The number of halogens is 2. The molecule has 66 valence electrons. The minimum atomic E-state index is -0.568. The van der Waals surface area contributed by atoms with Gasteiger partial charge in [0, 0.05) is 11.1 Å². The summed E-state index contributed by atoms with van der Waals surface area (Å²) in [5.74, 6) is 0. The van der Waals surface area contributed by atoms with Crippen LogP contribution in [0.3, 0.4) is 0 Å². The lowest BCUT2D eigenvalue weighted by atomic mass is 10.3. The van der Waals surface area contributed by atoms with Crippen molar-refractivity contribution < 1.29 is 4.92 Å². The predicted octanol–water partition coefficient (Wildman–Crippen LogP) is 2.25. The van der Waals surface area contributed by atoms with Crippen molar-refractivity contribution in [2.24, 2.45) is 0 Å². The second kappa shape index (κ2) is 4.13. The fourth-order valence-electron chi connectivity index (χ4n) is 0.675. The van der Waals surface area contributed by atoms with Gasteiger partial charge >= 0.3 is 0 Å². The standard InChI is InChI=1S/C6H5ClN2O2.ClH/c7-4-1-2-5(8)6(3-4)9(10)11;/h1-3H,8H2;1H. The Hall–Kier alpha value is -1.00. The van der Waals surface area contributed by atoms with Crippen LogP contribution in [-0.4, -0.2) is 4.92 Å². The van der Waals surface area contributed by atoms with Gasteiger partial charge in [-0.2, -0.15) is 0 Å². The number of nitrogen functional groups attached to an aromatic ring is 1. The first-order valence-electron chi connectivity index (χ1n) is 2.80. The van der Waals surface area contributed by atoms with Crippen LogP contribution in [0.15, 0.2) is 18.2 Å². The second-order valence-corrected chi connectivity index (χ2v) is 2.40. The number of hydrogen-bond donors (Lipinski definition) is 1. The molecule has 0 aliphatic rings. The molecule has 0 atom stereocenters. The van der Waals surface area contributed by atoms with Crippen LogP contribution in [0.25, 0.3) is 0 Å². The van der Waals surface area contributed by atoms with Crippen LogP contribution in [0, 0.1) is 10.1 Å². The Morgan fingerprint density at radius 1 is 1.50 bits per heavy atom. The molecule has 1 rings (SSSR count). The molecule has 0 unspecified atom stereocenters. The van der Waals surface area contributed by atoms with Gasteiger partial charge in [-0.05, 0) is 12.1 Å². The number of nitro groups is 1. The van der Waals surface area contributed by atoms with E-state index in [-0.39, 0.29) is 23.8 Å². The monoisotopic (exact) mass is 208 g/mol. The summed E-state index contributed by atoms with van der Waals surface area (Å²) in [7, 11) is 0. The van der Waals surface area contributed by atoms with Crippen LogP contribution < -0.4 is 5.73 Å². The highest BCUT2D eigenvalue weighted by Crippen LogP contribution is 2.24. The van der Waals surface area contributed by atoms with E-state index in [1.165, 1.54) is 18.2 Å². The predicted molar refractivity (Wildman–Crippen MR) is 49.8 cm³/mol. The highest BCUT2D eigenvalue weighted by Gasteiger charge is 2.10. The molecule has 6 heteroatoms. The lowest BCUT2D eigenvalue weighted by Crippen LogP contribution is -1.94. The van der Waals surface area contributed by atoms with Crippen molar-refractivity contribution in [2.45, 2.75) is 0 Å². The van der Waals surface area contributed by atoms with Crippen LogP contribution >= 0.6 is 24.0 Å². The third-order valence-electron chi connectivity index (χ3n) is 1.19. The van der Waals surface area contributed by atoms with Gasteiger partial charge in [0.05, 0.1) is 4.92 Å². The van der Waals surface area contributed by atoms with Gasteiger partial charge in [-0.15, -0.1) is 12.4 Å². The first-order valence-corrected chi connectivity index (χ1v) is 3.18. The number of nitro benzene ring substituents is 1. The fraction of sp³-hybridized carbons (Fsp3) is 0. The molecule has 0 aromatic heterocycles. The maximum absolute atomic E-state index is 10.2. The Morgan fingerprint density at radius 3 is 2.50 bits per heavy atom. The number of benzene rings is 1. The summed E-state index contributed by atoms with van der Waals surface area (Å²) < 4.78 is 0. The maximum atomic E-state index is 10.2. The Labute approximate surface area is 79.9 Å². The molecule has 0 radical (unpaired) electrons. The molecular weight excluding hydrogens is 203 g/mol. The first-order chi connectivity index (χ1) is 5.11. The van der Waals surface area contributed by atoms with Crippen molar-refractivity contribution in [3.63, 3.8) is 0 Å². The first kappa shape index (κ1) is 11.0. The van der Waals surface area contributed by atoms with E-state index in [2.05, 4.69) is 0 Å². The zero-order valence-electron chi connectivity index (χ0n) is 5.86. The Kier molecular flexibility index (Phi) is 3.79. The molecule has 0 fully saturated rings. The highest BCUT2D eigenvalue weighted by atomic mass is 35.5. The van der Waals surface area contributed by atoms with Crippen molar-refractivity contribution in [1.29, 1.82) is 0 Å². The third-order valence-corrected chi connectivity index (χ3v) is 1.42. The number of nitrogens with zero attached hydrogens (tertiary/aromatic N) is 1. The van der Waals surface area contributed by atoms with E-state index in [1.807, 2.05) is 0 Å². The van der Waals surface area contributed by atoms with E-state index in [4.69, 9.17) is 17.3 Å². The summed E-state index contributed by atoms with van der Waals surface area (Å²) in [6, 6.07) is 4.13. The summed E-state index contributed by atoms with van der Waals surface area (Å²) in [5, 5.41) is 10.6. The zero-order valence-corrected chi connectivity index (χ0v) is 7.43. The number of rotatable bonds is 1. The van der Waals surface area contributed by atoms with Crippen molar-refractivity contribution in [3.05, 3.63) is 33.3 Å². The molecule has 0 aliphatic heterocycles. The van der Waals surface area contributed by atoms with Gasteiger partial charge in [-0.25, -0.2) is 0 Å². The molecule has 0 amide bonds. The average molecular weight is 209 g/mol. The van der Waals surface area contributed by atoms with E-state index < -0.39 is 4.92 Å².